The number of hydrogen-bond acceptors (Lipinski definition) is 4. The Balaban J connectivity index is 2.16. The topological polar surface area (TPSA) is 52.6 Å². The molecular formula is C10H18O4S. The lowest BCUT2D eigenvalue weighted by Crippen LogP contribution is -2.22. The van der Waals surface area contributed by atoms with E-state index < -0.39 is 10.8 Å². The molecule has 0 aromatic carbocycles. The minimum absolute atomic E-state index is 0.0172. The predicted molar refractivity (Wildman–Crippen MR) is 58.3 cm³/mol. The van der Waals surface area contributed by atoms with Crippen molar-refractivity contribution in [1.82, 2.24) is 0 Å². The van der Waals surface area contributed by atoms with Crippen molar-refractivity contribution >= 4 is 16.6 Å². The maximum Gasteiger partial charge on any atom is 0.150 e. The minimum Gasteiger partial charge on any atom is -0.385 e. The Kier molecular flexibility index (Phi) is 6.05. The first-order chi connectivity index (χ1) is 7.24. The molecule has 1 saturated heterocycles. The van der Waals surface area contributed by atoms with Gasteiger partial charge in [-0.05, 0) is 12.8 Å². The molecule has 0 amide bonds. The molecule has 5 heteroatoms. The zero-order chi connectivity index (χ0) is 11.1. The highest BCUT2D eigenvalue weighted by Gasteiger charge is 2.24. The molecule has 2 unspecified atom stereocenters. The summed E-state index contributed by atoms with van der Waals surface area (Å²) in [5.41, 5.74) is 0. The van der Waals surface area contributed by atoms with Gasteiger partial charge in [0.1, 0.15) is 0 Å². The molecule has 2 atom stereocenters. The van der Waals surface area contributed by atoms with Crippen molar-refractivity contribution in [1.29, 1.82) is 0 Å². The monoisotopic (exact) mass is 234 g/mol. The molecule has 0 aliphatic carbocycles. The number of rotatable bonds is 7. The Morgan fingerprint density at radius 3 is 3.00 bits per heavy atom. The summed E-state index contributed by atoms with van der Waals surface area (Å²) in [4.78, 5) is 11.6. The molecule has 0 bridgehead atoms. The number of hydrogen-bond donors (Lipinski definition) is 0. The van der Waals surface area contributed by atoms with E-state index in [2.05, 4.69) is 0 Å². The summed E-state index contributed by atoms with van der Waals surface area (Å²) in [7, 11) is 0.582. The second kappa shape index (κ2) is 7.09. The van der Waals surface area contributed by atoms with Crippen LogP contribution in [-0.2, 0) is 25.1 Å². The lowest BCUT2D eigenvalue weighted by molar-refractivity contribution is -0.120. The van der Waals surface area contributed by atoms with E-state index in [0.29, 0.717) is 25.6 Å². The van der Waals surface area contributed by atoms with Gasteiger partial charge in [-0.1, -0.05) is 0 Å². The molecule has 0 radical (unpaired) electrons. The van der Waals surface area contributed by atoms with Gasteiger partial charge in [-0.3, -0.25) is 9.00 Å². The van der Waals surface area contributed by atoms with Gasteiger partial charge in [0, 0.05) is 42.8 Å². The van der Waals surface area contributed by atoms with Gasteiger partial charge in [0.15, 0.2) is 5.78 Å². The third-order valence-corrected chi connectivity index (χ3v) is 3.76. The summed E-state index contributed by atoms with van der Waals surface area (Å²) >= 11 is 0. The van der Waals surface area contributed by atoms with Crippen LogP contribution in [-0.4, -0.2) is 48.4 Å². The number of ether oxygens (including phenoxy) is 2. The Bertz CT molecular complexity index is 223. The van der Waals surface area contributed by atoms with E-state index >= 15 is 0 Å². The minimum atomic E-state index is -1.03. The summed E-state index contributed by atoms with van der Waals surface area (Å²) in [5.74, 6) is 0.796. The van der Waals surface area contributed by atoms with E-state index in [1.54, 1.807) is 7.11 Å². The predicted octanol–water partition coefficient (Wildman–Crippen LogP) is 0.377. The zero-order valence-corrected chi connectivity index (χ0v) is 9.88. The number of carbonyl (C=O) groups excluding carboxylic acids is 1. The van der Waals surface area contributed by atoms with Gasteiger partial charge in [-0.2, -0.15) is 0 Å². The maximum atomic E-state index is 11.6. The average molecular weight is 234 g/mol. The molecule has 0 N–H and O–H groups in total. The summed E-state index contributed by atoms with van der Waals surface area (Å²) in [6.45, 7) is 1.77. The van der Waals surface area contributed by atoms with Crippen LogP contribution in [0.15, 0.2) is 0 Å². The molecule has 1 rings (SSSR count). The molecule has 1 heterocycles. The number of methoxy groups -OCH3 is 1. The van der Waals surface area contributed by atoms with Crippen molar-refractivity contribution in [3.8, 4) is 0 Å². The Morgan fingerprint density at radius 2 is 2.40 bits per heavy atom. The Labute approximate surface area is 92.8 Å². The molecule has 4 nitrogen and oxygen atoms in total. The van der Waals surface area contributed by atoms with Gasteiger partial charge >= 0.3 is 0 Å². The standard InChI is InChI=1S/C10H18O4S/c1-13-4-2-6-15(12)8-10(11)9-3-5-14-7-9/h9H,2-8H2,1H3. The van der Waals surface area contributed by atoms with E-state index in [0.717, 1.165) is 12.8 Å². The quantitative estimate of drug-likeness (QED) is 0.597. The molecule has 88 valence electrons. The third kappa shape index (κ3) is 4.86. The van der Waals surface area contributed by atoms with Crippen LogP contribution in [0.4, 0.5) is 0 Å². The van der Waals surface area contributed by atoms with E-state index in [1.165, 1.54) is 0 Å². The summed E-state index contributed by atoms with van der Waals surface area (Å²) in [5, 5.41) is 0. The van der Waals surface area contributed by atoms with Crippen molar-refractivity contribution in [2.24, 2.45) is 5.92 Å². The highest BCUT2D eigenvalue weighted by molar-refractivity contribution is 7.85. The van der Waals surface area contributed by atoms with Gasteiger partial charge in [0.2, 0.25) is 0 Å². The first kappa shape index (κ1) is 12.8. The lowest BCUT2D eigenvalue weighted by atomic mass is 10.1. The normalized spacial score (nSPS) is 22.9. The Morgan fingerprint density at radius 1 is 1.60 bits per heavy atom. The number of Topliss-reactive ketones (excluding diaryl/α,β-unsaturated/α-hetero) is 1. The lowest BCUT2D eigenvalue weighted by Gasteiger charge is -2.06. The van der Waals surface area contributed by atoms with Crippen molar-refractivity contribution in [2.45, 2.75) is 12.8 Å². The van der Waals surface area contributed by atoms with Crippen molar-refractivity contribution in [3.63, 3.8) is 0 Å². The molecule has 0 aromatic rings. The van der Waals surface area contributed by atoms with Crippen molar-refractivity contribution in [3.05, 3.63) is 0 Å². The van der Waals surface area contributed by atoms with E-state index in [4.69, 9.17) is 9.47 Å². The first-order valence-corrected chi connectivity index (χ1v) is 6.67. The summed E-state index contributed by atoms with van der Waals surface area (Å²) < 4.78 is 21.5. The number of carbonyl (C=O) groups is 1. The fraction of sp³-hybridized carbons (Fsp3) is 0.900. The van der Waals surface area contributed by atoms with Crippen LogP contribution in [0.5, 0.6) is 0 Å². The summed E-state index contributed by atoms with van der Waals surface area (Å²) in [6.07, 6.45) is 1.53. The van der Waals surface area contributed by atoms with E-state index in [1.807, 2.05) is 0 Å². The first-order valence-electron chi connectivity index (χ1n) is 5.18. The van der Waals surface area contributed by atoms with Gasteiger partial charge in [-0.15, -0.1) is 0 Å². The highest BCUT2D eigenvalue weighted by atomic mass is 32.2. The Hall–Kier alpha value is -0.260. The SMILES string of the molecule is COCCCS(=O)CC(=O)C1CCOC1. The van der Waals surface area contributed by atoms with Crippen molar-refractivity contribution in [2.75, 3.05) is 38.4 Å². The molecular weight excluding hydrogens is 216 g/mol. The largest absolute Gasteiger partial charge is 0.385 e. The second-order valence-electron chi connectivity index (χ2n) is 3.66. The second-order valence-corrected chi connectivity index (χ2v) is 5.24. The molecule has 15 heavy (non-hydrogen) atoms. The highest BCUT2D eigenvalue weighted by Crippen LogP contribution is 2.13. The van der Waals surface area contributed by atoms with Gasteiger partial charge in [0.25, 0.3) is 0 Å². The molecule has 0 aromatic heterocycles. The molecule has 1 aliphatic rings. The molecule has 0 saturated carbocycles. The van der Waals surface area contributed by atoms with Crippen LogP contribution >= 0.6 is 0 Å². The van der Waals surface area contributed by atoms with Crippen LogP contribution in [0.2, 0.25) is 0 Å². The average Bonchev–Trinajstić information content (AvgIpc) is 2.70. The maximum absolute atomic E-state index is 11.6. The molecule has 0 spiro atoms. The van der Waals surface area contributed by atoms with E-state index in [-0.39, 0.29) is 17.5 Å². The smallest absolute Gasteiger partial charge is 0.150 e. The van der Waals surface area contributed by atoms with Crippen LogP contribution < -0.4 is 0 Å². The van der Waals surface area contributed by atoms with E-state index in [9.17, 15) is 9.00 Å². The van der Waals surface area contributed by atoms with Crippen LogP contribution in [0.1, 0.15) is 12.8 Å². The van der Waals surface area contributed by atoms with Crippen molar-refractivity contribution < 1.29 is 18.5 Å². The molecule has 1 aliphatic heterocycles. The third-order valence-electron chi connectivity index (χ3n) is 2.41. The number of ketones is 1. The van der Waals surface area contributed by atoms with Gasteiger partial charge < -0.3 is 9.47 Å². The fourth-order valence-electron chi connectivity index (χ4n) is 1.50. The molecule has 1 fully saturated rings. The van der Waals surface area contributed by atoms with Crippen LogP contribution in [0.3, 0.4) is 0 Å². The van der Waals surface area contributed by atoms with Crippen LogP contribution in [0, 0.1) is 5.92 Å². The van der Waals surface area contributed by atoms with Gasteiger partial charge in [-0.25, -0.2) is 0 Å². The summed E-state index contributed by atoms with van der Waals surface area (Å²) in [6, 6.07) is 0. The van der Waals surface area contributed by atoms with Crippen LogP contribution in [0.25, 0.3) is 0 Å². The fourth-order valence-corrected chi connectivity index (χ4v) is 2.64. The van der Waals surface area contributed by atoms with Gasteiger partial charge in [0.05, 0.1) is 12.4 Å². The zero-order valence-electron chi connectivity index (χ0n) is 9.07.